The van der Waals surface area contributed by atoms with Gasteiger partial charge in [-0.3, -0.25) is 0 Å². The molecule has 0 unspecified atom stereocenters. The Morgan fingerprint density at radius 2 is 2.27 bits per heavy atom. The molecular weight excluding hydrogens is 187 g/mol. The predicted molar refractivity (Wildman–Crippen MR) is 43.6 cm³/mol. The highest BCUT2D eigenvalue weighted by Gasteiger charge is 1.98. The molecule has 0 aliphatic rings. The van der Waals surface area contributed by atoms with Gasteiger partial charge in [-0.1, -0.05) is 28.4 Å². The Morgan fingerprint density at radius 3 is 2.82 bits per heavy atom. The zero-order valence-corrected chi connectivity index (χ0v) is 6.84. The standard InChI is InChI=1S/C6H4Cl2N2O/c7-5-1-6(8)9-2-4(5)3-10-11/h1-3,11H. The monoisotopic (exact) mass is 190 g/mol. The molecule has 0 bridgehead atoms. The highest BCUT2D eigenvalue weighted by atomic mass is 35.5. The molecular formula is C6H4Cl2N2O. The molecule has 0 saturated carbocycles. The molecule has 5 heteroatoms. The van der Waals surface area contributed by atoms with Gasteiger partial charge < -0.3 is 5.21 Å². The summed E-state index contributed by atoms with van der Waals surface area (Å²) < 4.78 is 0. The van der Waals surface area contributed by atoms with E-state index in [1.807, 2.05) is 0 Å². The lowest BCUT2D eigenvalue weighted by Gasteiger charge is -1.94. The third kappa shape index (κ3) is 2.06. The number of rotatable bonds is 1. The lowest BCUT2D eigenvalue weighted by molar-refractivity contribution is 0.322. The van der Waals surface area contributed by atoms with E-state index >= 15 is 0 Å². The molecule has 11 heavy (non-hydrogen) atoms. The molecule has 0 saturated heterocycles. The van der Waals surface area contributed by atoms with Crippen molar-refractivity contribution in [1.29, 1.82) is 0 Å². The molecule has 0 atom stereocenters. The lowest BCUT2D eigenvalue weighted by atomic mass is 10.3. The number of oxime groups is 1. The molecule has 0 spiro atoms. The summed E-state index contributed by atoms with van der Waals surface area (Å²) in [5, 5.41) is 11.7. The van der Waals surface area contributed by atoms with Crippen LogP contribution in [0.15, 0.2) is 17.4 Å². The van der Waals surface area contributed by atoms with E-state index in [2.05, 4.69) is 10.1 Å². The van der Waals surface area contributed by atoms with Crippen LogP contribution in [0.25, 0.3) is 0 Å². The summed E-state index contributed by atoms with van der Waals surface area (Å²) in [5.41, 5.74) is 0.526. The van der Waals surface area contributed by atoms with Gasteiger partial charge >= 0.3 is 0 Å². The zero-order chi connectivity index (χ0) is 8.27. The second-order valence-corrected chi connectivity index (χ2v) is 2.57. The summed E-state index contributed by atoms with van der Waals surface area (Å²) in [6, 6.07) is 1.47. The van der Waals surface area contributed by atoms with Crippen molar-refractivity contribution in [2.45, 2.75) is 0 Å². The summed E-state index contributed by atoms with van der Waals surface area (Å²) in [7, 11) is 0. The second-order valence-electron chi connectivity index (χ2n) is 1.77. The average Bonchev–Trinajstić information content (AvgIpc) is 1.95. The van der Waals surface area contributed by atoms with E-state index in [-0.39, 0.29) is 0 Å². The minimum Gasteiger partial charge on any atom is -0.411 e. The smallest absolute Gasteiger partial charge is 0.130 e. The van der Waals surface area contributed by atoms with Crippen LogP contribution in [0.5, 0.6) is 0 Å². The topological polar surface area (TPSA) is 45.5 Å². The van der Waals surface area contributed by atoms with Crippen LogP contribution < -0.4 is 0 Å². The molecule has 1 aromatic rings. The van der Waals surface area contributed by atoms with Crippen LogP contribution in [0, 0.1) is 0 Å². The molecule has 3 nitrogen and oxygen atoms in total. The number of halogens is 2. The molecule has 0 aliphatic carbocycles. The van der Waals surface area contributed by atoms with Crippen LogP contribution in [0.3, 0.4) is 0 Å². The summed E-state index contributed by atoms with van der Waals surface area (Å²) in [4.78, 5) is 3.74. The minimum atomic E-state index is 0.310. The first-order valence-electron chi connectivity index (χ1n) is 2.72. The van der Waals surface area contributed by atoms with Crippen LogP contribution in [0.4, 0.5) is 0 Å². The highest BCUT2D eigenvalue weighted by molar-refractivity contribution is 6.35. The van der Waals surface area contributed by atoms with E-state index in [1.165, 1.54) is 18.5 Å². The van der Waals surface area contributed by atoms with Gasteiger partial charge in [0.15, 0.2) is 0 Å². The zero-order valence-electron chi connectivity index (χ0n) is 5.33. The third-order valence-electron chi connectivity index (χ3n) is 1.05. The number of hydrogen-bond acceptors (Lipinski definition) is 3. The summed E-state index contributed by atoms with van der Waals surface area (Å²) in [5.74, 6) is 0. The van der Waals surface area contributed by atoms with Gasteiger partial charge in [-0.05, 0) is 6.07 Å². The Hall–Kier alpha value is -0.800. The number of nitrogens with zero attached hydrogens (tertiary/aromatic N) is 2. The first-order chi connectivity index (χ1) is 5.24. The van der Waals surface area contributed by atoms with Crippen molar-refractivity contribution in [1.82, 2.24) is 4.98 Å². The molecule has 0 aliphatic heterocycles. The maximum absolute atomic E-state index is 8.16. The Bertz CT molecular complexity index is 288. The van der Waals surface area contributed by atoms with E-state index in [1.54, 1.807) is 0 Å². The molecule has 1 aromatic heterocycles. The number of aromatic nitrogens is 1. The molecule has 0 fully saturated rings. The van der Waals surface area contributed by atoms with Crippen LogP contribution in [0.2, 0.25) is 10.2 Å². The van der Waals surface area contributed by atoms with E-state index in [4.69, 9.17) is 28.4 Å². The van der Waals surface area contributed by atoms with E-state index in [0.717, 1.165) is 0 Å². The van der Waals surface area contributed by atoms with Crippen LogP contribution in [0.1, 0.15) is 5.56 Å². The largest absolute Gasteiger partial charge is 0.411 e. The average molecular weight is 191 g/mol. The Kier molecular flexibility index (Phi) is 2.68. The number of pyridine rings is 1. The van der Waals surface area contributed by atoms with Gasteiger partial charge in [-0.15, -0.1) is 0 Å². The van der Waals surface area contributed by atoms with Gasteiger partial charge in [0.1, 0.15) is 5.15 Å². The first-order valence-corrected chi connectivity index (χ1v) is 3.48. The fraction of sp³-hybridized carbons (Fsp3) is 0. The van der Waals surface area contributed by atoms with Gasteiger partial charge in [0, 0.05) is 11.8 Å². The van der Waals surface area contributed by atoms with Crippen molar-refractivity contribution in [2.24, 2.45) is 5.16 Å². The molecule has 1 rings (SSSR count). The molecule has 58 valence electrons. The van der Waals surface area contributed by atoms with Gasteiger partial charge in [0.2, 0.25) is 0 Å². The maximum Gasteiger partial charge on any atom is 0.130 e. The van der Waals surface area contributed by atoms with Gasteiger partial charge in [0.05, 0.1) is 11.2 Å². The van der Waals surface area contributed by atoms with Crippen LogP contribution in [-0.2, 0) is 0 Å². The highest BCUT2D eigenvalue weighted by Crippen LogP contribution is 2.16. The molecule has 0 amide bonds. The van der Waals surface area contributed by atoms with E-state index in [9.17, 15) is 0 Å². The van der Waals surface area contributed by atoms with Crippen LogP contribution >= 0.6 is 23.2 Å². The minimum absolute atomic E-state index is 0.310. The third-order valence-corrected chi connectivity index (χ3v) is 1.58. The van der Waals surface area contributed by atoms with E-state index < -0.39 is 0 Å². The normalized spacial score (nSPS) is 10.7. The summed E-state index contributed by atoms with van der Waals surface area (Å²) in [6.07, 6.45) is 2.61. The first kappa shape index (κ1) is 8.30. The Morgan fingerprint density at radius 1 is 1.55 bits per heavy atom. The predicted octanol–water partition coefficient (Wildman–Crippen LogP) is 2.20. The van der Waals surface area contributed by atoms with Crippen LogP contribution in [-0.4, -0.2) is 16.4 Å². The fourth-order valence-corrected chi connectivity index (χ4v) is 0.990. The molecule has 1 N–H and O–H groups in total. The summed E-state index contributed by atoms with van der Waals surface area (Å²) >= 11 is 11.2. The SMILES string of the molecule is ON=Cc1cnc(Cl)cc1Cl. The van der Waals surface area contributed by atoms with Crippen molar-refractivity contribution >= 4 is 29.4 Å². The van der Waals surface area contributed by atoms with Crippen molar-refractivity contribution in [3.63, 3.8) is 0 Å². The maximum atomic E-state index is 8.16. The van der Waals surface area contributed by atoms with Crippen molar-refractivity contribution < 1.29 is 5.21 Å². The van der Waals surface area contributed by atoms with E-state index in [0.29, 0.717) is 15.7 Å². The molecule has 0 radical (unpaired) electrons. The Balaban J connectivity index is 3.09. The summed E-state index contributed by atoms with van der Waals surface area (Å²) in [6.45, 7) is 0. The second kappa shape index (κ2) is 3.55. The molecule has 0 aromatic carbocycles. The Labute approximate surface area is 73.3 Å². The molecule has 1 heterocycles. The van der Waals surface area contributed by atoms with Gasteiger partial charge in [-0.25, -0.2) is 4.98 Å². The lowest BCUT2D eigenvalue weighted by Crippen LogP contribution is -1.85. The van der Waals surface area contributed by atoms with Crippen molar-refractivity contribution in [2.75, 3.05) is 0 Å². The number of hydrogen-bond donors (Lipinski definition) is 1. The van der Waals surface area contributed by atoms with Crippen molar-refractivity contribution in [3.8, 4) is 0 Å². The fourth-order valence-electron chi connectivity index (χ4n) is 0.575. The van der Waals surface area contributed by atoms with Crippen molar-refractivity contribution in [3.05, 3.63) is 28.0 Å². The quantitative estimate of drug-likeness (QED) is 0.320. The van der Waals surface area contributed by atoms with Gasteiger partial charge in [-0.2, -0.15) is 0 Å². The van der Waals surface area contributed by atoms with Gasteiger partial charge in [0.25, 0.3) is 0 Å².